The molecular formula is C17H15FN4O2S2. The Bertz CT molecular complexity index is 883. The molecule has 26 heavy (non-hydrogen) atoms. The maximum absolute atomic E-state index is 12.9. The van der Waals surface area contributed by atoms with Crippen LogP contribution in [0.4, 0.5) is 4.39 Å². The van der Waals surface area contributed by atoms with E-state index in [9.17, 15) is 9.18 Å². The van der Waals surface area contributed by atoms with Crippen LogP contribution in [0.3, 0.4) is 0 Å². The number of hydrogen-bond donors (Lipinski definition) is 0. The van der Waals surface area contributed by atoms with E-state index < -0.39 is 5.82 Å². The number of rotatable bonds is 4. The van der Waals surface area contributed by atoms with Crippen molar-refractivity contribution in [1.82, 2.24) is 19.9 Å². The highest BCUT2D eigenvalue weighted by molar-refractivity contribution is 7.15. The molecule has 4 rings (SSSR count). The van der Waals surface area contributed by atoms with Crippen LogP contribution in [0, 0.1) is 5.82 Å². The van der Waals surface area contributed by atoms with Gasteiger partial charge in [0.1, 0.15) is 6.10 Å². The second-order valence-corrected chi connectivity index (χ2v) is 7.64. The van der Waals surface area contributed by atoms with Gasteiger partial charge in [0.05, 0.1) is 29.5 Å². The summed E-state index contributed by atoms with van der Waals surface area (Å²) in [5, 5.41) is 4.37. The third-order valence-corrected chi connectivity index (χ3v) is 5.72. The number of aromatic nitrogens is 3. The number of likely N-dealkylation sites (tertiary alicyclic amines) is 1. The van der Waals surface area contributed by atoms with Crippen molar-refractivity contribution in [2.45, 2.75) is 18.9 Å². The Balaban J connectivity index is 1.42. The number of halogens is 1. The van der Waals surface area contributed by atoms with Crippen molar-refractivity contribution >= 4 is 28.6 Å². The van der Waals surface area contributed by atoms with Crippen molar-refractivity contribution < 1.29 is 13.9 Å². The van der Waals surface area contributed by atoms with E-state index in [1.165, 1.54) is 11.3 Å². The predicted molar refractivity (Wildman–Crippen MR) is 97.0 cm³/mol. The smallest absolute Gasteiger partial charge is 0.316 e. The summed E-state index contributed by atoms with van der Waals surface area (Å²) < 4.78 is 18.6. The minimum absolute atomic E-state index is 0.0915. The van der Waals surface area contributed by atoms with Gasteiger partial charge in [-0.15, -0.1) is 22.7 Å². The molecular weight excluding hydrogens is 375 g/mol. The lowest BCUT2D eigenvalue weighted by Crippen LogP contribution is -2.44. The topological polar surface area (TPSA) is 68.2 Å². The number of thiophene rings is 1. The van der Waals surface area contributed by atoms with E-state index in [0.717, 1.165) is 35.8 Å². The van der Waals surface area contributed by atoms with Crippen LogP contribution in [0.1, 0.15) is 22.6 Å². The van der Waals surface area contributed by atoms with Gasteiger partial charge in [-0.2, -0.15) is 0 Å². The van der Waals surface area contributed by atoms with Gasteiger partial charge in [-0.25, -0.2) is 19.3 Å². The van der Waals surface area contributed by atoms with Gasteiger partial charge in [0.2, 0.25) is 0 Å². The monoisotopic (exact) mass is 390 g/mol. The van der Waals surface area contributed by atoms with Gasteiger partial charge < -0.3 is 9.64 Å². The highest BCUT2D eigenvalue weighted by atomic mass is 32.1. The molecule has 0 spiro atoms. The molecule has 9 heteroatoms. The third kappa shape index (κ3) is 3.73. The maximum Gasteiger partial charge on any atom is 0.316 e. The van der Waals surface area contributed by atoms with Gasteiger partial charge in [0, 0.05) is 11.9 Å². The van der Waals surface area contributed by atoms with E-state index in [2.05, 4.69) is 15.0 Å². The highest BCUT2D eigenvalue weighted by Crippen LogP contribution is 2.27. The Morgan fingerprint density at radius 1 is 1.31 bits per heavy atom. The van der Waals surface area contributed by atoms with Crippen LogP contribution in [0.5, 0.6) is 6.01 Å². The summed E-state index contributed by atoms with van der Waals surface area (Å²) in [4.78, 5) is 27.7. The fraction of sp³-hybridized carbons (Fsp3) is 0.294. The molecule has 134 valence electrons. The molecule has 0 bridgehead atoms. The van der Waals surface area contributed by atoms with Gasteiger partial charge in [0.25, 0.3) is 5.91 Å². The molecule has 1 aliphatic heterocycles. The van der Waals surface area contributed by atoms with Crippen molar-refractivity contribution in [2.24, 2.45) is 0 Å². The first-order valence-electron chi connectivity index (χ1n) is 8.12. The van der Waals surface area contributed by atoms with Gasteiger partial charge in [-0.3, -0.25) is 4.79 Å². The Morgan fingerprint density at radius 2 is 2.15 bits per heavy atom. The highest BCUT2D eigenvalue weighted by Gasteiger charge is 2.28. The zero-order valence-electron chi connectivity index (χ0n) is 13.7. The first-order valence-corrected chi connectivity index (χ1v) is 9.88. The van der Waals surface area contributed by atoms with E-state index >= 15 is 0 Å². The van der Waals surface area contributed by atoms with Gasteiger partial charge >= 0.3 is 6.01 Å². The molecule has 1 saturated heterocycles. The summed E-state index contributed by atoms with van der Waals surface area (Å²) >= 11 is 2.95. The van der Waals surface area contributed by atoms with E-state index in [1.54, 1.807) is 16.2 Å². The lowest BCUT2D eigenvalue weighted by Gasteiger charge is -2.31. The largest absolute Gasteiger partial charge is 0.458 e. The van der Waals surface area contributed by atoms with Crippen molar-refractivity contribution in [3.63, 3.8) is 0 Å². The van der Waals surface area contributed by atoms with E-state index in [0.29, 0.717) is 18.1 Å². The van der Waals surface area contributed by atoms with Gasteiger partial charge in [-0.05, 0) is 24.3 Å². The second kappa shape index (κ2) is 7.46. The summed E-state index contributed by atoms with van der Waals surface area (Å²) in [5.41, 5.74) is 0.831. The summed E-state index contributed by atoms with van der Waals surface area (Å²) in [6.45, 7) is 1.10. The number of amides is 1. The quantitative estimate of drug-likeness (QED) is 0.682. The average Bonchev–Trinajstić information content (AvgIpc) is 3.35. The molecule has 0 aliphatic carbocycles. The van der Waals surface area contributed by atoms with Crippen LogP contribution in [0.15, 0.2) is 35.3 Å². The molecule has 0 radical (unpaired) electrons. The van der Waals surface area contributed by atoms with Crippen LogP contribution in [-0.2, 0) is 0 Å². The standard InChI is InChI=1S/C17H15FN4O2S2/c18-11-7-19-17(20-8-11)24-12-3-1-5-22(9-12)16(23)15-21-13(10-26-15)14-4-2-6-25-14/h2,4,6-8,10,12H,1,3,5,9H2. The molecule has 0 saturated carbocycles. The number of ether oxygens (including phenoxy) is 1. The molecule has 1 atom stereocenters. The predicted octanol–water partition coefficient (Wildman–Crippen LogP) is 3.48. The Labute approximate surface area is 157 Å². The van der Waals surface area contributed by atoms with Crippen LogP contribution >= 0.6 is 22.7 Å². The van der Waals surface area contributed by atoms with Gasteiger partial charge in [0.15, 0.2) is 10.8 Å². The molecule has 1 fully saturated rings. The number of hydrogen-bond acceptors (Lipinski definition) is 7. The number of piperidine rings is 1. The Morgan fingerprint density at radius 3 is 2.92 bits per heavy atom. The summed E-state index contributed by atoms with van der Waals surface area (Å²) in [7, 11) is 0. The maximum atomic E-state index is 12.9. The van der Waals surface area contributed by atoms with Gasteiger partial charge in [-0.1, -0.05) is 6.07 Å². The number of nitrogens with zero attached hydrogens (tertiary/aromatic N) is 4. The fourth-order valence-corrected chi connectivity index (χ4v) is 4.32. The van der Waals surface area contributed by atoms with Crippen molar-refractivity contribution in [2.75, 3.05) is 13.1 Å². The first-order chi connectivity index (χ1) is 12.7. The van der Waals surface area contributed by atoms with Crippen molar-refractivity contribution in [3.8, 4) is 16.6 Å². The van der Waals surface area contributed by atoms with Crippen LogP contribution in [-0.4, -0.2) is 45.0 Å². The van der Waals surface area contributed by atoms with Crippen LogP contribution < -0.4 is 4.74 Å². The summed E-state index contributed by atoms with van der Waals surface area (Å²) in [5.74, 6) is -0.603. The lowest BCUT2D eigenvalue weighted by atomic mass is 10.1. The molecule has 1 aliphatic rings. The Kier molecular flexibility index (Phi) is 4.89. The molecule has 3 aromatic heterocycles. The molecule has 0 aromatic carbocycles. The lowest BCUT2D eigenvalue weighted by molar-refractivity contribution is 0.0515. The second-order valence-electron chi connectivity index (χ2n) is 5.83. The first kappa shape index (κ1) is 17.0. The normalized spacial score (nSPS) is 17.3. The minimum Gasteiger partial charge on any atom is -0.458 e. The zero-order chi connectivity index (χ0) is 17.9. The van der Waals surface area contributed by atoms with Crippen molar-refractivity contribution in [1.29, 1.82) is 0 Å². The van der Waals surface area contributed by atoms with Crippen LogP contribution in [0.2, 0.25) is 0 Å². The summed E-state index contributed by atoms with van der Waals surface area (Å²) in [6, 6.07) is 4.08. The zero-order valence-corrected chi connectivity index (χ0v) is 15.3. The molecule has 1 unspecified atom stereocenters. The SMILES string of the molecule is O=C(c1nc(-c2cccs2)cs1)N1CCCC(Oc2ncc(F)cn2)C1. The molecule has 0 N–H and O–H groups in total. The number of carbonyl (C=O) groups excluding carboxylic acids is 1. The number of thiazole rings is 1. The van der Waals surface area contributed by atoms with Crippen molar-refractivity contribution in [3.05, 3.63) is 46.1 Å². The molecule has 6 nitrogen and oxygen atoms in total. The summed E-state index contributed by atoms with van der Waals surface area (Å²) in [6.07, 6.45) is 3.53. The third-order valence-electron chi connectivity index (χ3n) is 3.99. The van der Waals surface area contributed by atoms with E-state index in [1.807, 2.05) is 22.9 Å². The molecule has 1 amide bonds. The molecule has 4 heterocycles. The van der Waals surface area contributed by atoms with Crippen LogP contribution in [0.25, 0.3) is 10.6 Å². The fourth-order valence-electron chi connectivity index (χ4n) is 2.77. The minimum atomic E-state index is -0.511. The Hall–Kier alpha value is -2.39. The molecule has 3 aromatic rings. The average molecular weight is 390 g/mol. The number of carbonyl (C=O) groups is 1. The van der Waals surface area contributed by atoms with E-state index in [4.69, 9.17) is 4.74 Å². The van der Waals surface area contributed by atoms with E-state index in [-0.39, 0.29) is 18.0 Å².